The van der Waals surface area contributed by atoms with Crippen LogP contribution < -0.4 is 10.5 Å². The summed E-state index contributed by atoms with van der Waals surface area (Å²) in [6.45, 7) is 4.29. The average Bonchev–Trinajstić information content (AvgIpc) is 3.05. The van der Waals surface area contributed by atoms with Crippen LogP contribution >= 0.6 is 11.3 Å². The number of carbonyl (C=O) groups is 1. The Bertz CT molecular complexity index is 1410. The molecule has 0 atom stereocenters. The number of thiophene rings is 1. The van der Waals surface area contributed by atoms with E-state index in [0.717, 1.165) is 25.7 Å². The van der Waals surface area contributed by atoms with Gasteiger partial charge in [0.1, 0.15) is 16.3 Å². The number of aromatic nitrogens is 4. The lowest BCUT2D eigenvalue weighted by molar-refractivity contribution is -0.131. The quantitative estimate of drug-likeness (QED) is 0.485. The van der Waals surface area contributed by atoms with Crippen molar-refractivity contribution in [1.82, 2.24) is 28.7 Å². The fourth-order valence-electron chi connectivity index (χ4n) is 4.81. The van der Waals surface area contributed by atoms with Crippen molar-refractivity contribution in [3.8, 4) is 0 Å². The number of piperazine rings is 1. The molecule has 0 N–H and O–H groups in total. The Labute approximate surface area is 213 Å². The molecule has 0 aliphatic carbocycles. The molecule has 0 unspecified atom stereocenters. The van der Waals surface area contributed by atoms with Crippen LogP contribution in [0.1, 0.15) is 30.6 Å². The van der Waals surface area contributed by atoms with Gasteiger partial charge >= 0.3 is 0 Å². The van der Waals surface area contributed by atoms with Gasteiger partial charge in [0.15, 0.2) is 0 Å². The zero-order chi connectivity index (χ0) is 25.3. The van der Waals surface area contributed by atoms with Gasteiger partial charge in [0, 0.05) is 56.5 Å². The largest absolute Gasteiger partial charge is 0.341 e. The van der Waals surface area contributed by atoms with Crippen molar-refractivity contribution >= 4 is 43.4 Å². The molecule has 2 saturated heterocycles. The van der Waals surface area contributed by atoms with E-state index < -0.39 is 15.6 Å². The van der Waals surface area contributed by atoms with Crippen molar-refractivity contribution < 1.29 is 13.2 Å². The summed E-state index contributed by atoms with van der Waals surface area (Å²) in [7, 11) is -3.95. The number of hydrogen-bond acceptors (Lipinski definition) is 9. The number of carbonyl (C=O) groups excluding carboxylic acids is 1. The van der Waals surface area contributed by atoms with Crippen LogP contribution in [-0.4, -0.2) is 82.3 Å². The second-order valence-corrected chi connectivity index (χ2v) is 12.2. The van der Waals surface area contributed by atoms with E-state index in [2.05, 4.69) is 15.0 Å². The Balaban J connectivity index is 1.41. The van der Waals surface area contributed by atoms with E-state index in [4.69, 9.17) is 0 Å². The van der Waals surface area contributed by atoms with Crippen LogP contribution in [0.2, 0.25) is 0 Å². The molecule has 36 heavy (non-hydrogen) atoms. The summed E-state index contributed by atoms with van der Waals surface area (Å²) in [4.78, 5) is 43.8. The van der Waals surface area contributed by atoms with Crippen LogP contribution in [0.4, 0.5) is 5.95 Å². The Morgan fingerprint density at radius 1 is 0.972 bits per heavy atom. The van der Waals surface area contributed by atoms with Crippen molar-refractivity contribution in [2.24, 2.45) is 0 Å². The van der Waals surface area contributed by atoms with Crippen LogP contribution in [0.3, 0.4) is 0 Å². The Morgan fingerprint density at radius 3 is 2.31 bits per heavy atom. The highest BCUT2D eigenvalue weighted by Gasteiger charge is 2.34. The molecule has 2 fully saturated rings. The third-order valence-electron chi connectivity index (χ3n) is 6.74. The first kappa shape index (κ1) is 24.8. The third kappa shape index (κ3) is 4.74. The molecule has 0 aromatic carbocycles. The fourth-order valence-corrected chi connectivity index (χ4v) is 7.90. The highest BCUT2D eigenvalue weighted by molar-refractivity contribution is 7.89. The van der Waals surface area contributed by atoms with Crippen molar-refractivity contribution in [2.75, 3.05) is 44.2 Å². The summed E-state index contributed by atoms with van der Waals surface area (Å²) in [6.07, 6.45) is 8.76. The zero-order valence-electron chi connectivity index (χ0n) is 20.2. The average molecular weight is 532 g/mol. The van der Waals surface area contributed by atoms with Crippen LogP contribution in [0.25, 0.3) is 10.2 Å². The summed E-state index contributed by atoms with van der Waals surface area (Å²) >= 11 is 1.18. The van der Waals surface area contributed by atoms with Gasteiger partial charge in [-0.05, 0) is 25.8 Å². The standard InChI is InChI=1S/C23H29N7O4S2/c1-17-20(36(33,34)30-13-11-28(12-14-30)23-24-7-6-8-25-23)19-21(35-17)26-16-29(22(19)32)15-18(31)27-9-4-2-3-5-10-27/h6-8,16H,2-5,9-15H2,1H3. The monoisotopic (exact) mass is 531 g/mol. The van der Waals surface area contributed by atoms with E-state index in [1.165, 1.54) is 26.5 Å². The Morgan fingerprint density at radius 2 is 1.64 bits per heavy atom. The van der Waals surface area contributed by atoms with Crippen molar-refractivity contribution in [3.63, 3.8) is 0 Å². The van der Waals surface area contributed by atoms with Gasteiger partial charge in [0.2, 0.25) is 21.9 Å². The number of sulfonamides is 1. The minimum absolute atomic E-state index is 0.000910. The van der Waals surface area contributed by atoms with E-state index in [1.807, 2.05) is 4.90 Å². The molecule has 5 rings (SSSR count). The van der Waals surface area contributed by atoms with E-state index >= 15 is 0 Å². The number of amides is 1. The number of likely N-dealkylation sites (tertiary alicyclic amines) is 1. The topological polar surface area (TPSA) is 122 Å². The number of anilines is 1. The van der Waals surface area contributed by atoms with Crippen LogP contribution in [-0.2, 0) is 21.4 Å². The second kappa shape index (κ2) is 10.2. The number of hydrogen-bond donors (Lipinski definition) is 0. The minimum atomic E-state index is -3.95. The molecule has 0 radical (unpaired) electrons. The second-order valence-electron chi connectivity index (χ2n) is 9.08. The molecular weight excluding hydrogens is 502 g/mol. The van der Waals surface area contributed by atoms with Gasteiger partial charge in [-0.2, -0.15) is 4.31 Å². The molecule has 5 heterocycles. The lowest BCUT2D eigenvalue weighted by atomic mass is 10.2. The highest BCUT2D eigenvalue weighted by Crippen LogP contribution is 2.33. The molecule has 11 nitrogen and oxygen atoms in total. The Hall–Kier alpha value is -2.90. The lowest BCUT2D eigenvalue weighted by Crippen LogP contribution is -2.49. The zero-order valence-corrected chi connectivity index (χ0v) is 21.8. The molecule has 0 bridgehead atoms. The molecule has 3 aromatic rings. The van der Waals surface area contributed by atoms with Crippen molar-refractivity contribution in [2.45, 2.75) is 44.0 Å². The molecule has 2 aliphatic heterocycles. The molecule has 2 aliphatic rings. The van der Waals surface area contributed by atoms with Gasteiger partial charge in [0.25, 0.3) is 5.56 Å². The van der Waals surface area contributed by atoms with Gasteiger partial charge in [-0.3, -0.25) is 14.2 Å². The lowest BCUT2D eigenvalue weighted by Gasteiger charge is -2.33. The first-order valence-corrected chi connectivity index (χ1v) is 14.4. The van der Waals surface area contributed by atoms with Crippen molar-refractivity contribution in [3.05, 3.63) is 40.0 Å². The molecule has 1 amide bonds. The number of fused-ring (bicyclic) bond motifs is 1. The molecule has 192 valence electrons. The maximum atomic E-state index is 13.7. The van der Waals surface area contributed by atoms with Crippen molar-refractivity contribution in [1.29, 1.82) is 0 Å². The van der Waals surface area contributed by atoms with Crippen LogP contribution in [0.15, 0.2) is 34.5 Å². The summed E-state index contributed by atoms with van der Waals surface area (Å²) in [5.41, 5.74) is -0.498. The summed E-state index contributed by atoms with van der Waals surface area (Å²) < 4.78 is 30.1. The van der Waals surface area contributed by atoms with Gasteiger partial charge in [-0.25, -0.2) is 23.4 Å². The normalized spacial score (nSPS) is 17.9. The van der Waals surface area contributed by atoms with Crippen LogP contribution in [0.5, 0.6) is 0 Å². The van der Waals surface area contributed by atoms with Gasteiger partial charge in [0.05, 0.1) is 11.7 Å². The number of nitrogens with zero attached hydrogens (tertiary/aromatic N) is 7. The summed E-state index contributed by atoms with van der Waals surface area (Å²) in [6, 6.07) is 1.73. The van der Waals surface area contributed by atoms with E-state index in [-0.39, 0.29) is 35.8 Å². The molecule has 0 spiro atoms. The van der Waals surface area contributed by atoms with Gasteiger partial charge < -0.3 is 9.80 Å². The number of aryl methyl sites for hydroxylation is 1. The molecular formula is C23H29N7O4S2. The van der Waals surface area contributed by atoms with Gasteiger partial charge in [-0.15, -0.1) is 11.3 Å². The maximum Gasteiger partial charge on any atom is 0.263 e. The van der Waals surface area contributed by atoms with Crippen LogP contribution in [0, 0.1) is 6.92 Å². The predicted octanol–water partition coefficient (Wildman–Crippen LogP) is 1.47. The maximum absolute atomic E-state index is 13.7. The fraction of sp³-hybridized carbons (Fsp3) is 0.522. The molecule has 0 saturated carbocycles. The first-order valence-electron chi connectivity index (χ1n) is 12.1. The summed E-state index contributed by atoms with van der Waals surface area (Å²) in [5.74, 6) is 0.420. The summed E-state index contributed by atoms with van der Waals surface area (Å²) in [5, 5.41) is 0.0671. The van der Waals surface area contributed by atoms with E-state index in [1.54, 1.807) is 30.3 Å². The first-order chi connectivity index (χ1) is 17.4. The molecule has 13 heteroatoms. The predicted molar refractivity (Wildman–Crippen MR) is 137 cm³/mol. The minimum Gasteiger partial charge on any atom is -0.341 e. The van der Waals surface area contributed by atoms with E-state index in [0.29, 0.717) is 41.8 Å². The highest BCUT2D eigenvalue weighted by atomic mass is 32.2. The Kier molecular flexibility index (Phi) is 7.04. The smallest absolute Gasteiger partial charge is 0.263 e. The third-order valence-corrected chi connectivity index (χ3v) is 9.95. The SMILES string of the molecule is Cc1sc2ncn(CC(=O)N3CCCCCC3)c(=O)c2c1S(=O)(=O)N1CCN(c2ncccn2)CC1. The van der Waals surface area contributed by atoms with Gasteiger partial charge in [-0.1, -0.05) is 12.8 Å². The number of rotatable bonds is 5. The van der Waals surface area contributed by atoms with E-state index in [9.17, 15) is 18.0 Å². The molecule has 3 aromatic heterocycles.